The molecule has 1 aromatic heterocycles. The van der Waals surface area contributed by atoms with Gasteiger partial charge in [0.2, 0.25) is 0 Å². The van der Waals surface area contributed by atoms with Crippen LogP contribution in [0.2, 0.25) is 0 Å². The van der Waals surface area contributed by atoms with Crippen LogP contribution >= 0.6 is 0 Å². The van der Waals surface area contributed by atoms with Crippen LogP contribution in [0.25, 0.3) is 16.1 Å². The van der Waals surface area contributed by atoms with Gasteiger partial charge >= 0.3 is 11.4 Å². The smallest absolute Gasteiger partial charge is 0.311 e. The van der Waals surface area contributed by atoms with Gasteiger partial charge in [0.15, 0.2) is 11.5 Å². The molecule has 0 aliphatic heterocycles. The van der Waals surface area contributed by atoms with Crippen LogP contribution in [0, 0.1) is 20.2 Å². The third-order valence-corrected chi connectivity index (χ3v) is 6.08. The molecule has 5 aromatic rings. The molecule has 0 amide bonds. The van der Waals surface area contributed by atoms with Gasteiger partial charge in [0, 0.05) is 28.8 Å². The van der Waals surface area contributed by atoms with Crippen molar-refractivity contribution >= 4 is 17.1 Å². The average molecular weight is 595 g/mol. The van der Waals surface area contributed by atoms with Gasteiger partial charge in [0.05, 0.1) is 27.4 Å². The van der Waals surface area contributed by atoms with Crippen molar-refractivity contribution in [3.63, 3.8) is 0 Å². The van der Waals surface area contributed by atoms with E-state index in [1.54, 1.807) is 23.0 Å². The lowest BCUT2D eigenvalue weighted by Crippen LogP contribution is -2.02. The minimum Gasteiger partial charge on any atom is -0.482 e. The van der Waals surface area contributed by atoms with E-state index in [0.29, 0.717) is 5.69 Å². The van der Waals surface area contributed by atoms with Gasteiger partial charge in [-0.25, -0.2) is 4.68 Å². The number of benzene rings is 4. The van der Waals surface area contributed by atoms with E-state index in [0.717, 1.165) is 23.2 Å². The molecule has 0 aliphatic rings. The van der Waals surface area contributed by atoms with Gasteiger partial charge in [-0.15, -0.1) is 5.10 Å². The quantitative estimate of drug-likeness (QED) is 0.0496. The van der Waals surface area contributed by atoms with Gasteiger partial charge in [-0.2, -0.15) is 0 Å². The zero-order valence-corrected chi connectivity index (χ0v) is 23.5. The van der Waals surface area contributed by atoms with E-state index in [1.165, 1.54) is 24.3 Å². The van der Waals surface area contributed by atoms with Crippen molar-refractivity contribution < 1.29 is 19.3 Å². The summed E-state index contributed by atoms with van der Waals surface area (Å²) >= 11 is 0. The fraction of sp³-hybridized carbons (Fsp3) is 0.133. The molecule has 0 atom stereocenters. The Morgan fingerprint density at radius 2 is 1.36 bits per heavy atom. The number of aryl methyl sites for hydroxylation is 1. The summed E-state index contributed by atoms with van der Waals surface area (Å²) in [5.41, 5.74) is 11.7. The van der Waals surface area contributed by atoms with E-state index >= 15 is 0 Å². The summed E-state index contributed by atoms with van der Waals surface area (Å²) in [7, 11) is 0. The molecule has 44 heavy (non-hydrogen) atoms. The van der Waals surface area contributed by atoms with Crippen LogP contribution in [0.3, 0.4) is 0 Å². The van der Waals surface area contributed by atoms with Crippen molar-refractivity contribution in [2.75, 3.05) is 0 Å². The Balaban J connectivity index is 0.000000204. The summed E-state index contributed by atoms with van der Waals surface area (Å²) in [5, 5.41) is 33.6. The summed E-state index contributed by atoms with van der Waals surface area (Å²) < 4.78 is 12.7. The van der Waals surface area contributed by atoms with E-state index in [1.807, 2.05) is 67.6 Å². The van der Waals surface area contributed by atoms with E-state index < -0.39 is 9.85 Å². The summed E-state index contributed by atoms with van der Waals surface area (Å²) in [4.78, 5) is 23.8. The second-order valence-corrected chi connectivity index (χ2v) is 9.06. The van der Waals surface area contributed by atoms with Crippen LogP contribution in [0.4, 0.5) is 17.1 Å². The topological polar surface area (TPSA) is 184 Å². The van der Waals surface area contributed by atoms with Gasteiger partial charge in [-0.3, -0.25) is 20.2 Å². The van der Waals surface area contributed by atoms with E-state index in [9.17, 15) is 20.2 Å². The normalized spacial score (nSPS) is 10.1. The third-order valence-electron chi connectivity index (χ3n) is 6.08. The molecule has 0 radical (unpaired) electrons. The fourth-order valence-corrected chi connectivity index (χ4v) is 3.85. The van der Waals surface area contributed by atoms with E-state index in [2.05, 4.69) is 20.3 Å². The summed E-state index contributed by atoms with van der Waals surface area (Å²) in [6, 6.07) is 27.4. The molecule has 0 bridgehead atoms. The number of aromatic nitrogens is 3. The number of nitro groups is 2. The molecular formula is C30H26N8O6. The Hall–Kier alpha value is -6.27. The molecule has 4 aromatic carbocycles. The highest BCUT2D eigenvalue weighted by Gasteiger charge is 2.17. The molecule has 0 aliphatic carbocycles. The van der Waals surface area contributed by atoms with Crippen LogP contribution < -0.4 is 9.47 Å². The second kappa shape index (κ2) is 15.1. The molecule has 0 saturated heterocycles. The number of hydrogen-bond acceptors (Lipinski definition) is 9. The Morgan fingerprint density at radius 3 is 1.86 bits per heavy atom. The lowest BCUT2D eigenvalue weighted by Gasteiger charge is -2.09. The number of nitro benzene ring substituents is 2. The van der Waals surface area contributed by atoms with Gasteiger partial charge in [-0.1, -0.05) is 77.9 Å². The maximum absolute atomic E-state index is 11.2. The number of nitrogens with zero attached hydrogens (tertiary/aromatic N) is 8. The number of ether oxygens (including phenoxy) is 2. The van der Waals surface area contributed by atoms with Gasteiger partial charge in [0.1, 0.15) is 13.2 Å². The van der Waals surface area contributed by atoms with Crippen LogP contribution in [0.5, 0.6) is 11.5 Å². The van der Waals surface area contributed by atoms with Crippen molar-refractivity contribution in [3.8, 4) is 17.2 Å². The molecular weight excluding hydrogens is 568 g/mol. The van der Waals surface area contributed by atoms with Gasteiger partial charge in [-0.05, 0) is 41.3 Å². The van der Waals surface area contributed by atoms with Crippen LogP contribution in [0.15, 0.2) is 108 Å². The predicted octanol–water partition coefficient (Wildman–Crippen LogP) is 7.43. The molecule has 14 heteroatoms. The highest BCUT2D eigenvalue weighted by Crippen LogP contribution is 2.32. The Labute approximate surface area is 251 Å². The first-order valence-corrected chi connectivity index (χ1v) is 13.2. The molecule has 222 valence electrons. The predicted molar refractivity (Wildman–Crippen MR) is 161 cm³/mol. The second-order valence-electron chi connectivity index (χ2n) is 9.06. The maximum Gasteiger partial charge on any atom is 0.311 e. The van der Waals surface area contributed by atoms with Gasteiger partial charge in [0.25, 0.3) is 0 Å². The molecule has 14 nitrogen and oxygen atoms in total. The Kier molecular flexibility index (Phi) is 10.5. The molecule has 1 heterocycles. The number of azide groups is 1. The number of hydrogen-bond donors (Lipinski definition) is 0. The summed E-state index contributed by atoms with van der Waals surface area (Å²) in [5.74, 6) is 0.277. The summed E-state index contributed by atoms with van der Waals surface area (Å²) in [6.07, 6.45) is 2.56. The fourth-order valence-electron chi connectivity index (χ4n) is 3.85. The molecule has 0 fully saturated rings. The largest absolute Gasteiger partial charge is 0.482 e. The standard InChI is InChI=1S/C17H16N4O3.C13H10N4O3/c1-2-14-11-20(19-18-14)15-8-9-16(21(22)23)17(10-15)24-12-13-6-4-3-5-7-13;14-16-15-11-6-7-12(17(18)19)13(8-11)20-9-10-4-2-1-3-5-10/h3-11H,2,12H2,1H3;1-8H,9H2. The monoisotopic (exact) mass is 594 g/mol. The molecule has 0 unspecified atom stereocenters. The van der Waals surface area contributed by atoms with Crippen molar-refractivity contribution in [1.29, 1.82) is 0 Å². The molecule has 0 N–H and O–H groups in total. The van der Waals surface area contributed by atoms with Crippen LogP contribution in [-0.2, 0) is 19.6 Å². The van der Waals surface area contributed by atoms with E-state index in [-0.39, 0.29) is 41.8 Å². The molecule has 0 saturated carbocycles. The lowest BCUT2D eigenvalue weighted by molar-refractivity contribution is -0.386. The van der Waals surface area contributed by atoms with Crippen molar-refractivity contribution in [2.24, 2.45) is 5.11 Å². The summed E-state index contributed by atoms with van der Waals surface area (Å²) in [6.45, 7) is 2.43. The van der Waals surface area contributed by atoms with Crippen molar-refractivity contribution in [3.05, 3.63) is 151 Å². The van der Waals surface area contributed by atoms with E-state index in [4.69, 9.17) is 15.0 Å². The Morgan fingerprint density at radius 1 is 0.818 bits per heavy atom. The molecule has 5 rings (SSSR count). The first-order valence-electron chi connectivity index (χ1n) is 13.2. The van der Waals surface area contributed by atoms with Gasteiger partial charge < -0.3 is 9.47 Å². The SMILES string of the molecule is CCc1cn(-c2ccc([N+](=O)[O-])c(OCc3ccccc3)c2)nn1.[N-]=[N+]=Nc1ccc([N+](=O)[O-])c(OCc2ccccc2)c1. The van der Waals surface area contributed by atoms with Crippen molar-refractivity contribution in [1.82, 2.24) is 15.0 Å². The lowest BCUT2D eigenvalue weighted by atomic mass is 10.2. The Bertz CT molecular complexity index is 1770. The first kappa shape index (κ1) is 30.7. The molecule has 0 spiro atoms. The van der Waals surface area contributed by atoms with Crippen LogP contribution in [0.1, 0.15) is 23.7 Å². The highest BCUT2D eigenvalue weighted by atomic mass is 16.6. The van der Waals surface area contributed by atoms with Crippen molar-refractivity contribution in [2.45, 2.75) is 26.6 Å². The first-order chi connectivity index (χ1) is 21.4. The third kappa shape index (κ3) is 8.38. The zero-order valence-electron chi connectivity index (χ0n) is 23.5. The zero-order chi connectivity index (χ0) is 31.3. The van der Waals surface area contributed by atoms with Crippen LogP contribution in [-0.4, -0.2) is 24.8 Å². The maximum atomic E-state index is 11.2. The highest BCUT2D eigenvalue weighted by molar-refractivity contribution is 5.55. The minimum absolute atomic E-state index is 0.0729. The number of rotatable bonds is 11. The minimum atomic E-state index is -0.541. The average Bonchev–Trinajstić information content (AvgIpc) is 3.54.